The van der Waals surface area contributed by atoms with Crippen LogP contribution in [0, 0.1) is 6.92 Å². The van der Waals surface area contributed by atoms with Crippen LogP contribution in [0.25, 0.3) is 22.8 Å². The molecule has 0 spiro atoms. The first-order valence-electron chi connectivity index (χ1n) is 6.69. The van der Waals surface area contributed by atoms with E-state index in [4.69, 9.17) is 22.5 Å². The Balaban J connectivity index is 1.84. The normalized spacial score (nSPS) is 10.4. The minimum Gasteiger partial charge on any atom is -0.376 e. The Morgan fingerprint density at radius 3 is 2.32 bits per heavy atom. The monoisotopic (exact) mass is 310 g/mol. The molecule has 0 aliphatic rings. The maximum Gasteiger partial charge on any atom is 0.258 e. The SMILES string of the molecule is Cc1ccc(-c2noc(-c3ccc(NC(N)=S)cc3)n2)cc1. The van der Waals surface area contributed by atoms with E-state index in [0.717, 1.165) is 16.8 Å². The number of aromatic nitrogens is 2. The van der Waals surface area contributed by atoms with Crippen LogP contribution < -0.4 is 11.1 Å². The van der Waals surface area contributed by atoms with E-state index in [1.807, 2.05) is 55.5 Å². The zero-order chi connectivity index (χ0) is 15.5. The van der Waals surface area contributed by atoms with Crippen molar-refractivity contribution in [3.05, 3.63) is 54.1 Å². The molecule has 3 rings (SSSR count). The van der Waals surface area contributed by atoms with Gasteiger partial charge in [-0.3, -0.25) is 0 Å². The molecule has 110 valence electrons. The molecule has 0 amide bonds. The van der Waals surface area contributed by atoms with Gasteiger partial charge in [0.05, 0.1) is 0 Å². The van der Waals surface area contributed by atoms with Crippen LogP contribution in [0.2, 0.25) is 0 Å². The summed E-state index contributed by atoms with van der Waals surface area (Å²) in [5, 5.41) is 7.11. The Morgan fingerprint density at radius 2 is 1.68 bits per heavy atom. The molecule has 22 heavy (non-hydrogen) atoms. The van der Waals surface area contributed by atoms with Crippen LogP contribution in [0.15, 0.2) is 53.1 Å². The van der Waals surface area contributed by atoms with Crippen LogP contribution in [-0.4, -0.2) is 15.3 Å². The zero-order valence-corrected chi connectivity index (χ0v) is 12.7. The van der Waals surface area contributed by atoms with E-state index in [0.29, 0.717) is 11.7 Å². The number of nitrogens with zero attached hydrogens (tertiary/aromatic N) is 2. The summed E-state index contributed by atoms with van der Waals surface area (Å²) in [5.41, 5.74) is 9.19. The number of nitrogens with two attached hydrogens (primary N) is 1. The van der Waals surface area contributed by atoms with Gasteiger partial charge in [0.1, 0.15) is 0 Å². The fourth-order valence-electron chi connectivity index (χ4n) is 2.00. The van der Waals surface area contributed by atoms with E-state index in [1.54, 1.807) is 0 Å². The molecular formula is C16H14N4OS. The molecule has 0 aliphatic carbocycles. The molecule has 0 bridgehead atoms. The zero-order valence-electron chi connectivity index (χ0n) is 11.9. The highest BCUT2D eigenvalue weighted by Gasteiger charge is 2.10. The van der Waals surface area contributed by atoms with Crippen molar-refractivity contribution in [1.29, 1.82) is 0 Å². The van der Waals surface area contributed by atoms with E-state index < -0.39 is 0 Å². The maximum absolute atomic E-state index is 5.43. The van der Waals surface area contributed by atoms with Crippen LogP contribution in [0.4, 0.5) is 5.69 Å². The lowest BCUT2D eigenvalue weighted by atomic mass is 10.1. The molecule has 0 saturated carbocycles. The molecule has 1 heterocycles. The summed E-state index contributed by atoms with van der Waals surface area (Å²) in [4.78, 5) is 4.42. The number of rotatable bonds is 3. The van der Waals surface area contributed by atoms with Crippen molar-refractivity contribution in [3.8, 4) is 22.8 Å². The third-order valence-electron chi connectivity index (χ3n) is 3.14. The highest BCUT2D eigenvalue weighted by Crippen LogP contribution is 2.23. The van der Waals surface area contributed by atoms with Gasteiger partial charge in [0.25, 0.3) is 5.89 Å². The van der Waals surface area contributed by atoms with Gasteiger partial charge in [-0.15, -0.1) is 0 Å². The van der Waals surface area contributed by atoms with Crippen LogP contribution in [0.1, 0.15) is 5.56 Å². The van der Waals surface area contributed by atoms with E-state index in [-0.39, 0.29) is 5.11 Å². The number of benzene rings is 2. The summed E-state index contributed by atoms with van der Waals surface area (Å²) in [5.74, 6) is 1.04. The molecule has 0 unspecified atom stereocenters. The summed E-state index contributed by atoms with van der Waals surface area (Å²) < 4.78 is 5.32. The van der Waals surface area contributed by atoms with E-state index in [1.165, 1.54) is 5.56 Å². The van der Waals surface area contributed by atoms with E-state index in [2.05, 4.69) is 15.5 Å². The van der Waals surface area contributed by atoms with Gasteiger partial charge in [-0.05, 0) is 43.4 Å². The van der Waals surface area contributed by atoms with Crippen molar-refractivity contribution in [3.63, 3.8) is 0 Å². The number of hydrogen-bond donors (Lipinski definition) is 2. The fraction of sp³-hybridized carbons (Fsp3) is 0.0625. The van der Waals surface area contributed by atoms with Gasteiger partial charge in [0.15, 0.2) is 5.11 Å². The van der Waals surface area contributed by atoms with Gasteiger partial charge in [-0.2, -0.15) is 4.98 Å². The Bertz CT molecular complexity index is 794. The molecule has 0 saturated heterocycles. The van der Waals surface area contributed by atoms with Crippen LogP contribution in [-0.2, 0) is 0 Å². The Morgan fingerprint density at radius 1 is 1.05 bits per heavy atom. The lowest BCUT2D eigenvalue weighted by Crippen LogP contribution is -2.18. The fourth-order valence-corrected chi connectivity index (χ4v) is 2.12. The second kappa shape index (κ2) is 5.95. The molecule has 5 nitrogen and oxygen atoms in total. The van der Waals surface area contributed by atoms with Crippen molar-refractivity contribution >= 4 is 23.0 Å². The van der Waals surface area contributed by atoms with Crippen molar-refractivity contribution in [1.82, 2.24) is 10.1 Å². The highest BCUT2D eigenvalue weighted by atomic mass is 32.1. The molecule has 1 aromatic heterocycles. The molecule has 0 fully saturated rings. The van der Waals surface area contributed by atoms with Crippen molar-refractivity contribution in [2.24, 2.45) is 5.73 Å². The third kappa shape index (κ3) is 3.12. The Labute approximate surface area is 133 Å². The first kappa shape index (κ1) is 14.2. The topological polar surface area (TPSA) is 77.0 Å². The van der Waals surface area contributed by atoms with Gasteiger partial charge in [0.2, 0.25) is 5.82 Å². The standard InChI is InChI=1S/C16H14N4OS/c1-10-2-4-11(5-3-10)14-19-15(21-20-14)12-6-8-13(9-7-12)18-16(17)22/h2-9H,1H3,(H3,17,18,22). The van der Waals surface area contributed by atoms with Crippen LogP contribution >= 0.6 is 12.2 Å². The number of nitrogens with one attached hydrogen (secondary N) is 1. The number of anilines is 1. The third-order valence-corrected chi connectivity index (χ3v) is 3.24. The van der Waals surface area contributed by atoms with Crippen molar-refractivity contribution < 1.29 is 4.52 Å². The average molecular weight is 310 g/mol. The largest absolute Gasteiger partial charge is 0.376 e. The van der Waals surface area contributed by atoms with Crippen LogP contribution in [0.5, 0.6) is 0 Å². The first-order chi connectivity index (χ1) is 10.6. The molecule has 0 aliphatic heterocycles. The molecule has 6 heteroatoms. The summed E-state index contributed by atoms with van der Waals surface area (Å²) in [6.45, 7) is 2.04. The number of hydrogen-bond acceptors (Lipinski definition) is 4. The molecule has 3 aromatic rings. The van der Waals surface area contributed by atoms with Gasteiger partial charge in [0, 0.05) is 16.8 Å². The van der Waals surface area contributed by atoms with Gasteiger partial charge >= 0.3 is 0 Å². The Kier molecular flexibility index (Phi) is 3.84. The maximum atomic E-state index is 5.43. The lowest BCUT2D eigenvalue weighted by molar-refractivity contribution is 0.432. The minimum atomic E-state index is 0.229. The van der Waals surface area contributed by atoms with E-state index in [9.17, 15) is 0 Å². The predicted octanol–water partition coefficient (Wildman–Crippen LogP) is 3.37. The van der Waals surface area contributed by atoms with Gasteiger partial charge in [-0.1, -0.05) is 35.0 Å². The quantitative estimate of drug-likeness (QED) is 0.722. The number of thiocarbonyl (C=S) groups is 1. The van der Waals surface area contributed by atoms with Crippen LogP contribution in [0.3, 0.4) is 0 Å². The Hall–Kier alpha value is -2.73. The number of aryl methyl sites for hydroxylation is 1. The predicted molar refractivity (Wildman–Crippen MR) is 90.3 cm³/mol. The molecule has 3 N–H and O–H groups in total. The van der Waals surface area contributed by atoms with Gasteiger partial charge in [-0.25, -0.2) is 0 Å². The smallest absolute Gasteiger partial charge is 0.258 e. The first-order valence-corrected chi connectivity index (χ1v) is 7.10. The summed E-state index contributed by atoms with van der Waals surface area (Å²) in [7, 11) is 0. The molecule has 2 aromatic carbocycles. The summed E-state index contributed by atoms with van der Waals surface area (Å²) >= 11 is 4.80. The molecule has 0 atom stereocenters. The molecular weight excluding hydrogens is 296 g/mol. The molecule has 0 radical (unpaired) electrons. The van der Waals surface area contributed by atoms with Gasteiger partial charge < -0.3 is 15.6 Å². The second-order valence-electron chi connectivity index (χ2n) is 4.86. The van der Waals surface area contributed by atoms with Crippen molar-refractivity contribution in [2.75, 3.05) is 5.32 Å². The second-order valence-corrected chi connectivity index (χ2v) is 5.30. The highest BCUT2D eigenvalue weighted by molar-refractivity contribution is 7.80. The lowest BCUT2D eigenvalue weighted by Gasteiger charge is -2.03. The van der Waals surface area contributed by atoms with Crippen molar-refractivity contribution in [2.45, 2.75) is 6.92 Å². The summed E-state index contributed by atoms with van der Waals surface area (Å²) in [6.07, 6.45) is 0. The summed E-state index contributed by atoms with van der Waals surface area (Å²) in [6, 6.07) is 15.4. The average Bonchev–Trinajstić information content (AvgIpc) is 2.98. The minimum absolute atomic E-state index is 0.229. The van der Waals surface area contributed by atoms with E-state index >= 15 is 0 Å².